The smallest absolute Gasteiger partial charge is 0.481 e. The Morgan fingerprint density at radius 1 is 0.911 bits per heavy atom. The Morgan fingerprint density at radius 2 is 1.62 bits per heavy atom. The van der Waals surface area contributed by atoms with E-state index in [2.05, 4.69) is 48.5 Å². The molecule has 0 aromatic rings. The van der Waals surface area contributed by atoms with Crippen molar-refractivity contribution in [3.63, 3.8) is 0 Å². The zero-order valence-electron chi connectivity index (χ0n) is 29.0. The number of hydrogen-bond acceptors (Lipinski definition) is 7. The summed E-state index contributed by atoms with van der Waals surface area (Å²) < 4.78 is 22.9. The molecule has 6 rings (SSSR count). The van der Waals surface area contributed by atoms with Crippen molar-refractivity contribution in [3.8, 4) is 0 Å². The van der Waals surface area contributed by atoms with E-state index in [1.54, 1.807) is 0 Å². The molecule has 0 aromatic heterocycles. The zero-order valence-corrected chi connectivity index (χ0v) is 29.0. The van der Waals surface area contributed by atoms with Gasteiger partial charge in [-0.3, -0.25) is 9.59 Å². The Kier molecular flexibility index (Phi) is 7.72. The quantitative estimate of drug-likeness (QED) is 0.308. The second kappa shape index (κ2) is 10.5. The lowest BCUT2D eigenvalue weighted by Crippen LogP contribution is -2.66. The van der Waals surface area contributed by atoms with Crippen molar-refractivity contribution in [2.75, 3.05) is 13.2 Å². The number of carbonyl (C=O) groups excluding carboxylic acids is 2. The predicted octanol–water partition coefficient (Wildman–Crippen LogP) is 7.73. The molecule has 8 nitrogen and oxygen atoms in total. The van der Waals surface area contributed by atoms with E-state index in [0.29, 0.717) is 24.9 Å². The topological polar surface area (TPSA) is 108 Å². The molecule has 1 saturated heterocycles. The van der Waals surface area contributed by atoms with Crippen LogP contribution in [0.3, 0.4) is 0 Å². The molecule has 0 aromatic carbocycles. The van der Waals surface area contributed by atoms with Crippen LogP contribution in [-0.4, -0.2) is 54.2 Å². The number of rotatable bonds is 5. The molecule has 1 heterocycles. The van der Waals surface area contributed by atoms with Crippen LogP contribution in [0.2, 0.25) is 0 Å². The lowest BCUT2D eigenvalue weighted by Gasteiger charge is -2.72. The van der Waals surface area contributed by atoms with Crippen LogP contribution in [0, 0.1) is 50.7 Å². The number of fused-ring (bicyclic) bond motifs is 7. The minimum Gasteiger partial charge on any atom is -0.481 e. The molecule has 4 saturated carbocycles. The third kappa shape index (κ3) is 4.69. The highest BCUT2D eigenvalue weighted by atomic mass is 16.8. The van der Waals surface area contributed by atoms with Crippen LogP contribution in [0.5, 0.6) is 0 Å². The Balaban J connectivity index is 1.23. The first-order valence-electron chi connectivity index (χ1n) is 17.5. The summed E-state index contributed by atoms with van der Waals surface area (Å²) in [6.07, 6.45) is 6.19. The van der Waals surface area contributed by atoms with Gasteiger partial charge in [-0.15, -0.1) is 0 Å². The van der Waals surface area contributed by atoms with E-state index in [4.69, 9.17) is 18.9 Å². The van der Waals surface area contributed by atoms with Crippen molar-refractivity contribution in [2.24, 2.45) is 50.7 Å². The molecule has 0 spiro atoms. The van der Waals surface area contributed by atoms with Crippen LogP contribution in [0.25, 0.3) is 0 Å². The monoisotopic (exact) mass is 628 g/mol. The summed E-state index contributed by atoms with van der Waals surface area (Å²) >= 11 is 0. The third-order valence-corrected chi connectivity index (χ3v) is 14.5. The molecule has 252 valence electrons. The van der Waals surface area contributed by atoms with E-state index in [0.717, 1.165) is 56.1 Å². The fourth-order valence-electron chi connectivity index (χ4n) is 12.2. The molecular weight excluding hydrogens is 572 g/mol. The van der Waals surface area contributed by atoms with E-state index in [-0.39, 0.29) is 64.5 Å². The van der Waals surface area contributed by atoms with Crippen LogP contribution in [0.15, 0.2) is 11.1 Å². The molecule has 0 amide bonds. The van der Waals surface area contributed by atoms with Gasteiger partial charge < -0.3 is 24.1 Å². The summed E-state index contributed by atoms with van der Waals surface area (Å²) in [6.45, 7) is 20.3. The largest absolute Gasteiger partial charge is 0.508 e. The van der Waals surface area contributed by atoms with Gasteiger partial charge in [0.05, 0.1) is 12.0 Å². The van der Waals surface area contributed by atoms with E-state index >= 15 is 0 Å². The van der Waals surface area contributed by atoms with E-state index in [1.165, 1.54) is 0 Å². The van der Waals surface area contributed by atoms with Crippen molar-refractivity contribution in [3.05, 3.63) is 11.1 Å². The fraction of sp³-hybridized carbons (Fsp3) is 0.865. The number of carboxylic acids is 1. The van der Waals surface area contributed by atoms with Gasteiger partial charge in [-0.1, -0.05) is 48.5 Å². The Bertz CT molecular complexity index is 1300. The van der Waals surface area contributed by atoms with E-state index < -0.39 is 23.3 Å². The molecule has 5 fully saturated rings. The highest BCUT2D eigenvalue weighted by Crippen LogP contribution is 2.76. The first kappa shape index (κ1) is 33.0. The lowest BCUT2D eigenvalue weighted by molar-refractivity contribution is -0.230. The van der Waals surface area contributed by atoms with Crippen molar-refractivity contribution < 1.29 is 38.4 Å². The van der Waals surface area contributed by atoms with Crippen LogP contribution in [0.4, 0.5) is 4.79 Å². The highest BCUT2D eigenvalue weighted by Gasteiger charge is 2.71. The van der Waals surface area contributed by atoms with Gasteiger partial charge in [0.25, 0.3) is 0 Å². The maximum absolute atomic E-state index is 13.4. The molecular formula is C37H56O8. The minimum absolute atomic E-state index is 0.0202. The minimum atomic E-state index is -1.02. The second-order valence-electron chi connectivity index (χ2n) is 17.6. The predicted molar refractivity (Wildman–Crippen MR) is 168 cm³/mol. The summed E-state index contributed by atoms with van der Waals surface area (Å²) in [5, 5.41) is 10.6. The van der Waals surface area contributed by atoms with Gasteiger partial charge in [0.15, 0.2) is 11.6 Å². The Hall–Kier alpha value is -1.93. The second-order valence-corrected chi connectivity index (χ2v) is 17.6. The molecule has 1 aliphatic heterocycles. The van der Waals surface area contributed by atoms with Crippen molar-refractivity contribution >= 4 is 17.9 Å². The summed E-state index contributed by atoms with van der Waals surface area (Å²) in [5.41, 5.74) is 0.566. The summed E-state index contributed by atoms with van der Waals surface area (Å²) in [6, 6.07) is 0. The average molecular weight is 629 g/mol. The van der Waals surface area contributed by atoms with E-state index in [1.807, 2.05) is 13.8 Å². The summed E-state index contributed by atoms with van der Waals surface area (Å²) in [4.78, 5) is 39.2. The number of hydrogen-bond donors (Lipinski definition) is 1. The van der Waals surface area contributed by atoms with Gasteiger partial charge in [-0.25, -0.2) is 4.79 Å². The Labute approximate surface area is 269 Å². The van der Waals surface area contributed by atoms with Crippen LogP contribution < -0.4 is 0 Å². The number of ether oxygens (including phenoxy) is 4. The molecule has 1 N–H and O–H groups in total. The van der Waals surface area contributed by atoms with E-state index in [9.17, 15) is 19.5 Å². The highest BCUT2D eigenvalue weighted by molar-refractivity contribution is 6.05. The maximum atomic E-state index is 13.4. The molecule has 6 aliphatic rings. The number of aliphatic carboxylic acids is 1. The molecule has 0 radical (unpaired) electrons. The number of ketones is 1. The normalized spacial score (nSPS) is 44.9. The van der Waals surface area contributed by atoms with Gasteiger partial charge in [0.2, 0.25) is 0 Å². The summed E-state index contributed by atoms with van der Waals surface area (Å²) in [5.74, 6) is -0.420. The van der Waals surface area contributed by atoms with Crippen molar-refractivity contribution in [1.82, 2.24) is 0 Å². The van der Waals surface area contributed by atoms with Crippen LogP contribution in [0.1, 0.15) is 120 Å². The third-order valence-electron chi connectivity index (χ3n) is 14.5. The number of Topliss-reactive ketones (excluding diaryl/α,β-unsaturated/α-hetero) is 1. The van der Waals surface area contributed by atoms with Gasteiger partial charge in [0, 0.05) is 11.8 Å². The molecule has 3 unspecified atom stereocenters. The van der Waals surface area contributed by atoms with Gasteiger partial charge in [-0.05, 0) is 116 Å². The van der Waals surface area contributed by atoms with Crippen LogP contribution in [-0.2, 0) is 28.5 Å². The van der Waals surface area contributed by atoms with Crippen LogP contribution >= 0.6 is 0 Å². The average Bonchev–Trinajstić information content (AvgIpc) is 3.45. The Morgan fingerprint density at radius 3 is 2.24 bits per heavy atom. The molecule has 45 heavy (non-hydrogen) atoms. The summed E-state index contributed by atoms with van der Waals surface area (Å²) in [7, 11) is 0. The molecule has 0 bridgehead atoms. The SMILES string of the molecule is CC(C)C1=C2[C@H]3CCC4[C@@]5(C)CCC(OC(=O)OCC6COC(C)(C)O6)C(C)(C)[C@@H]5CC[C@@]4(C)[C@]3(C)CC[C@@]2(C(=O)O)CC1=O. The fourth-order valence-corrected chi connectivity index (χ4v) is 12.2. The number of allylic oxidation sites excluding steroid dienone is 1. The molecule has 5 aliphatic carbocycles. The van der Waals surface area contributed by atoms with Crippen molar-refractivity contribution in [1.29, 1.82) is 0 Å². The number of carbonyl (C=O) groups is 3. The molecule has 9 atom stereocenters. The maximum Gasteiger partial charge on any atom is 0.508 e. The van der Waals surface area contributed by atoms with Gasteiger partial charge in [-0.2, -0.15) is 0 Å². The lowest BCUT2D eigenvalue weighted by atomic mass is 9.33. The first-order valence-corrected chi connectivity index (χ1v) is 17.5. The van der Waals surface area contributed by atoms with Crippen molar-refractivity contribution in [2.45, 2.75) is 138 Å². The molecule has 8 heteroatoms. The van der Waals surface area contributed by atoms with Gasteiger partial charge >= 0.3 is 12.1 Å². The zero-order chi connectivity index (χ0) is 33.0. The van der Waals surface area contributed by atoms with Gasteiger partial charge in [0.1, 0.15) is 18.8 Å². The standard InChI is InChI=1S/C37H56O8/c1-21(2)28-24(38)18-37(30(39)40)17-16-35(8)23(29(28)37)10-11-26-34(7)14-13-27(32(3,4)25(34)12-15-36(26,35)9)44-31(41)42-19-22-20-43-33(5,6)45-22/h21-23,25-27H,10-20H2,1-9H3,(H,39,40)/t22?,23-,25+,26?,27?,34+,35-,36-,37-/m1/s1. The first-order chi connectivity index (χ1) is 20.8. The number of carboxylic acid groups (broad SMARTS) is 1.